The maximum absolute atomic E-state index is 5.92. The highest BCUT2D eigenvalue weighted by atomic mass is 16.7. The van der Waals surface area contributed by atoms with Crippen LogP contribution < -0.4 is 5.32 Å². The number of unbranched alkanes of at least 4 members (excludes halogenated alkanes) is 1. The fourth-order valence-electron chi connectivity index (χ4n) is 3.73. The Balaban J connectivity index is 1.59. The molecule has 2 fully saturated rings. The van der Waals surface area contributed by atoms with Gasteiger partial charge in [0, 0.05) is 38.5 Å². The molecule has 2 saturated heterocycles. The minimum Gasteiger partial charge on any atom is -0.469 e. The lowest BCUT2D eigenvalue weighted by atomic mass is 9.90. The predicted octanol–water partition coefficient (Wildman–Crippen LogP) is 3.04. The Morgan fingerprint density at radius 1 is 1.38 bits per heavy atom. The first-order valence-electron chi connectivity index (χ1n) is 10.0. The molecule has 6 heteroatoms. The zero-order valence-electron chi connectivity index (χ0n) is 16.2. The number of guanidine groups is 1. The van der Waals surface area contributed by atoms with E-state index in [1.54, 1.807) is 6.26 Å². The van der Waals surface area contributed by atoms with Gasteiger partial charge in [-0.3, -0.25) is 4.99 Å². The van der Waals surface area contributed by atoms with Crippen molar-refractivity contribution in [3.05, 3.63) is 24.2 Å². The molecule has 1 unspecified atom stereocenters. The van der Waals surface area contributed by atoms with Gasteiger partial charge in [-0.15, -0.1) is 0 Å². The molecule has 0 aliphatic carbocycles. The summed E-state index contributed by atoms with van der Waals surface area (Å²) in [6.45, 7) is 9.34. The minimum absolute atomic E-state index is 0.377. The van der Waals surface area contributed by atoms with E-state index in [4.69, 9.17) is 18.9 Å². The topological polar surface area (TPSA) is 59.2 Å². The fraction of sp³-hybridized carbons (Fsp3) is 0.750. The van der Waals surface area contributed by atoms with Gasteiger partial charge in [0.1, 0.15) is 5.76 Å². The number of likely N-dealkylation sites (tertiary alicyclic amines) is 1. The third-order valence-electron chi connectivity index (χ3n) is 5.33. The van der Waals surface area contributed by atoms with Gasteiger partial charge in [-0.25, -0.2) is 0 Å². The van der Waals surface area contributed by atoms with Gasteiger partial charge in [-0.05, 0) is 38.3 Å². The largest absolute Gasteiger partial charge is 0.469 e. The van der Waals surface area contributed by atoms with Gasteiger partial charge in [-0.2, -0.15) is 0 Å². The van der Waals surface area contributed by atoms with E-state index in [1.807, 2.05) is 12.1 Å². The Kier molecular flexibility index (Phi) is 6.97. The summed E-state index contributed by atoms with van der Waals surface area (Å²) in [6.07, 6.45) is 7.14. The summed E-state index contributed by atoms with van der Waals surface area (Å²) < 4.78 is 17.3. The van der Waals surface area contributed by atoms with Gasteiger partial charge in [0.05, 0.1) is 19.5 Å². The highest BCUT2D eigenvalue weighted by molar-refractivity contribution is 5.80. The van der Waals surface area contributed by atoms with E-state index >= 15 is 0 Å². The van der Waals surface area contributed by atoms with E-state index in [2.05, 4.69) is 24.1 Å². The van der Waals surface area contributed by atoms with Crippen molar-refractivity contribution < 1.29 is 13.9 Å². The number of hydrogen-bond acceptors (Lipinski definition) is 4. The van der Waals surface area contributed by atoms with E-state index in [0.717, 1.165) is 70.0 Å². The molecule has 1 aromatic rings. The predicted molar refractivity (Wildman–Crippen MR) is 102 cm³/mol. The average molecular weight is 364 g/mol. The van der Waals surface area contributed by atoms with Crippen LogP contribution in [0.1, 0.15) is 45.3 Å². The number of nitrogens with one attached hydrogen (secondary N) is 1. The van der Waals surface area contributed by atoms with E-state index < -0.39 is 5.79 Å². The lowest BCUT2D eigenvalue weighted by Gasteiger charge is -2.41. The van der Waals surface area contributed by atoms with E-state index in [9.17, 15) is 0 Å². The number of nitrogens with zero attached hydrogens (tertiary/aromatic N) is 2. The van der Waals surface area contributed by atoms with Gasteiger partial charge < -0.3 is 24.1 Å². The van der Waals surface area contributed by atoms with Crippen LogP contribution >= 0.6 is 0 Å². The Bertz CT molecular complexity index is 553. The minimum atomic E-state index is -0.443. The maximum Gasteiger partial charge on any atom is 0.193 e. The van der Waals surface area contributed by atoms with Gasteiger partial charge >= 0.3 is 0 Å². The Morgan fingerprint density at radius 2 is 2.23 bits per heavy atom. The van der Waals surface area contributed by atoms with Crippen molar-refractivity contribution in [2.24, 2.45) is 10.9 Å². The molecule has 26 heavy (non-hydrogen) atoms. The van der Waals surface area contributed by atoms with Crippen LogP contribution in [0.2, 0.25) is 0 Å². The average Bonchev–Trinajstić information content (AvgIpc) is 3.33. The van der Waals surface area contributed by atoms with Crippen molar-refractivity contribution in [2.45, 2.75) is 51.7 Å². The quantitative estimate of drug-likeness (QED) is 0.458. The molecule has 3 rings (SSSR count). The first-order chi connectivity index (χ1) is 12.7. The molecule has 0 radical (unpaired) electrons. The van der Waals surface area contributed by atoms with E-state index in [1.165, 1.54) is 0 Å². The van der Waals surface area contributed by atoms with Crippen molar-refractivity contribution in [1.82, 2.24) is 10.2 Å². The van der Waals surface area contributed by atoms with Gasteiger partial charge in [0.15, 0.2) is 11.7 Å². The number of rotatable bonds is 7. The van der Waals surface area contributed by atoms with Crippen LogP contribution in [0.5, 0.6) is 0 Å². The van der Waals surface area contributed by atoms with Crippen molar-refractivity contribution >= 4 is 5.96 Å². The number of piperidine rings is 1. The Hall–Kier alpha value is -1.53. The normalized spacial score (nSPS) is 23.4. The number of hydrogen-bond donors (Lipinski definition) is 1. The molecule has 1 aromatic heterocycles. The van der Waals surface area contributed by atoms with Crippen LogP contribution in [-0.2, 0) is 15.9 Å². The molecule has 146 valence electrons. The lowest BCUT2D eigenvalue weighted by molar-refractivity contribution is -0.189. The third-order valence-corrected chi connectivity index (χ3v) is 5.33. The standard InChI is InChI=1S/C20H33N3O3/c1-3-4-10-21-19(22-11-9-18-8-6-13-24-18)23-12-5-7-17(16-23)20(2)25-14-15-26-20/h6,8,13,17H,3-5,7,9-12,14-16H2,1-2H3,(H,21,22). The fourth-order valence-corrected chi connectivity index (χ4v) is 3.73. The molecule has 0 bridgehead atoms. The van der Waals surface area contributed by atoms with E-state index in [-0.39, 0.29) is 0 Å². The maximum atomic E-state index is 5.92. The molecule has 0 spiro atoms. The summed E-state index contributed by atoms with van der Waals surface area (Å²) in [4.78, 5) is 7.24. The molecule has 2 aliphatic heterocycles. The number of ether oxygens (including phenoxy) is 2. The molecular weight excluding hydrogens is 330 g/mol. The second-order valence-electron chi connectivity index (χ2n) is 7.31. The van der Waals surface area contributed by atoms with Gasteiger partial charge in [-0.1, -0.05) is 13.3 Å². The first-order valence-corrected chi connectivity index (χ1v) is 10.0. The van der Waals surface area contributed by atoms with Crippen LogP contribution in [0.15, 0.2) is 27.8 Å². The van der Waals surface area contributed by atoms with Crippen LogP contribution in [0.3, 0.4) is 0 Å². The van der Waals surface area contributed by atoms with Crippen LogP contribution in [0.25, 0.3) is 0 Å². The summed E-state index contributed by atoms with van der Waals surface area (Å²) in [5.74, 6) is 1.95. The van der Waals surface area contributed by atoms with E-state index in [0.29, 0.717) is 19.1 Å². The molecule has 0 amide bonds. The first kappa shape index (κ1) is 19.2. The second-order valence-corrected chi connectivity index (χ2v) is 7.31. The second kappa shape index (κ2) is 9.42. The molecule has 0 saturated carbocycles. The third kappa shape index (κ3) is 5.01. The van der Waals surface area contributed by atoms with Crippen molar-refractivity contribution in [3.63, 3.8) is 0 Å². The van der Waals surface area contributed by atoms with Crippen LogP contribution in [0, 0.1) is 5.92 Å². The molecule has 6 nitrogen and oxygen atoms in total. The SMILES string of the molecule is CCCCN=C(NCCc1ccco1)N1CCCC(C2(C)OCCO2)C1. The monoisotopic (exact) mass is 363 g/mol. The molecule has 2 aliphatic rings. The summed E-state index contributed by atoms with van der Waals surface area (Å²) in [6, 6.07) is 3.95. The zero-order chi connectivity index (χ0) is 18.2. The molecular formula is C20H33N3O3. The Morgan fingerprint density at radius 3 is 2.96 bits per heavy atom. The van der Waals surface area contributed by atoms with Crippen LogP contribution in [-0.4, -0.2) is 56.0 Å². The number of aliphatic imine (C=N–C) groups is 1. The van der Waals surface area contributed by atoms with Gasteiger partial charge in [0.25, 0.3) is 0 Å². The molecule has 1 N–H and O–H groups in total. The summed E-state index contributed by atoms with van der Waals surface area (Å²) in [7, 11) is 0. The highest BCUT2D eigenvalue weighted by Gasteiger charge is 2.42. The molecule has 1 atom stereocenters. The summed E-state index contributed by atoms with van der Waals surface area (Å²) >= 11 is 0. The molecule has 0 aromatic carbocycles. The van der Waals surface area contributed by atoms with Crippen molar-refractivity contribution in [1.29, 1.82) is 0 Å². The van der Waals surface area contributed by atoms with Crippen LogP contribution in [0.4, 0.5) is 0 Å². The lowest BCUT2D eigenvalue weighted by Crippen LogP contribution is -2.52. The summed E-state index contributed by atoms with van der Waals surface area (Å²) in [5.41, 5.74) is 0. The number of furan rings is 1. The smallest absolute Gasteiger partial charge is 0.193 e. The summed E-state index contributed by atoms with van der Waals surface area (Å²) in [5, 5.41) is 3.54. The Labute approximate surface area is 156 Å². The highest BCUT2D eigenvalue weighted by Crippen LogP contribution is 2.34. The van der Waals surface area contributed by atoms with Crippen molar-refractivity contribution in [3.8, 4) is 0 Å². The van der Waals surface area contributed by atoms with Gasteiger partial charge in [0.2, 0.25) is 0 Å². The van der Waals surface area contributed by atoms with Crippen molar-refractivity contribution in [2.75, 3.05) is 39.4 Å². The molecule has 3 heterocycles. The zero-order valence-corrected chi connectivity index (χ0v) is 16.2.